The minimum Gasteiger partial charge on any atom is -0.238 e. The van der Waals surface area contributed by atoms with E-state index in [4.69, 9.17) is 0 Å². The van der Waals surface area contributed by atoms with Crippen LogP contribution < -0.4 is 0 Å². The van der Waals surface area contributed by atoms with Gasteiger partial charge in [-0.3, -0.25) is 0 Å². The zero-order chi connectivity index (χ0) is 17.8. The average Bonchev–Trinajstić information content (AvgIpc) is 2.44. The summed E-state index contributed by atoms with van der Waals surface area (Å²) in [6.07, 6.45) is 4.93. The van der Waals surface area contributed by atoms with Gasteiger partial charge in [0.2, 0.25) is 0 Å². The maximum Gasteiger partial charge on any atom is 0.141 e. The first-order chi connectivity index (χ1) is 10.5. The third-order valence-corrected chi connectivity index (χ3v) is 4.48. The van der Waals surface area contributed by atoms with Gasteiger partial charge in [0.1, 0.15) is 11.5 Å². The molecule has 0 amide bonds. The lowest BCUT2D eigenvalue weighted by molar-refractivity contribution is 0.0406. The lowest BCUT2D eigenvalue weighted by atomic mass is 9.73. The van der Waals surface area contributed by atoms with E-state index in [-0.39, 0.29) is 5.56 Å². The minimum absolute atomic E-state index is 0.141. The smallest absolute Gasteiger partial charge is 0.141 e. The second kappa shape index (κ2) is 7.25. The van der Waals surface area contributed by atoms with Crippen molar-refractivity contribution in [2.75, 3.05) is 0 Å². The van der Waals surface area contributed by atoms with Gasteiger partial charge in [-0.05, 0) is 37.0 Å². The summed E-state index contributed by atoms with van der Waals surface area (Å²) in [6, 6.07) is 4.74. The Morgan fingerprint density at radius 3 is 2.30 bits per heavy atom. The highest BCUT2D eigenvalue weighted by Gasteiger charge is 2.42. The third-order valence-electron chi connectivity index (χ3n) is 4.48. The van der Waals surface area contributed by atoms with Gasteiger partial charge in [0.25, 0.3) is 0 Å². The molecule has 0 aromatic heterocycles. The van der Waals surface area contributed by atoms with Gasteiger partial charge in [-0.2, -0.15) is 0 Å². The topological polar surface area (TPSA) is 0 Å². The second-order valence-corrected chi connectivity index (χ2v) is 7.14. The number of rotatable bonds is 6. The third kappa shape index (κ3) is 4.40. The molecule has 0 aliphatic rings. The molecule has 0 N–H and O–H groups in total. The predicted molar refractivity (Wildman–Crippen MR) is 95.7 cm³/mol. The Hall–Kier alpha value is -1.70. The molecule has 0 nitrogen and oxygen atoms in total. The molecule has 0 saturated carbocycles. The molecule has 0 spiro atoms. The maximum absolute atomic E-state index is 15.4. The van der Waals surface area contributed by atoms with Gasteiger partial charge < -0.3 is 0 Å². The fourth-order valence-electron chi connectivity index (χ4n) is 2.38. The van der Waals surface area contributed by atoms with Crippen LogP contribution in [0.1, 0.15) is 52.2 Å². The van der Waals surface area contributed by atoms with Gasteiger partial charge in [-0.15, -0.1) is 0 Å². The monoisotopic (exact) mass is 318 g/mol. The van der Waals surface area contributed by atoms with E-state index in [1.807, 2.05) is 13.0 Å². The van der Waals surface area contributed by atoms with Crippen molar-refractivity contribution in [1.82, 2.24) is 0 Å². The molecule has 1 rings (SSSR count). The first-order valence-corrected chi connectivity index (χ1v) is 8.02. The summed E-state index contributed by atoms with van der Waals surface area (Å²) >= 11 is 0. The average molecular weight is 318 g/mol. The SMILES string of the molecule is C=C/C(=C\C(=C)CC)Cc1cccc(F)c1C(C)(F)C(C)(C)C. The van der Waals surface area contributed by atoms with Crippen molar-refractivity contribution in [2.24, 2.45) is 5.41 Å². The van der Waals surface area contributed by atoms with Gasteiger partial charge in [-0.1, -0.05) is 70.7 Å². The molecule has 0 heterocycles. The largest absolute Gasteiger partial charge is 0.238 e. The molecule has 2 heteroatoms. The van der Waals surface area contributed by atoms with Gasteiger partial charge >= 0.3 is 0 Å². The van der Waals surface area contributed by atoms with E-state index in [1.54, 1.807) is 39.0 Å². The van der Waals surface area contributed by atoms with Crippen LogP contribution in [0.25, 0.3) is 0 Å². The lowest BCUT2D eigenvalue weighted by Gasteiger charge is -2.36. The van der Waals surface area contributed by atoms with E-state index in [0.29, 0.717) is 12.0 Å². The predicted octanol–water partition coefficient (Wildman–Crippen LogP) is 6.68. The Morgan fingerprint density at radius 2 is 1.83 bits per heavy atom. The maximum atomic E-state index is 15.4. The van der Waals surface area contributed by atoms with Crippen LogP contribution in [0.5, 0.6) is 0 Å². The molecule has 1 atom stereocenters. The highest BCUT2D eigenvalue weighted by Crippen LogP contribution is 2.45. The van der Waals surface area contributed by atoms with Crippen LogP contribution in [0, 0.1) is 11.2 Å². The molecule has 1 aromatic carbocycles. The zero-order valence-electron chi connectivity index (χ0n) is 15.0. The van der Waals surface area contributed by atoms with Crippen molar-refractivity contribution in [1.29, 1.82) is 0 Å². The highest BCUT2D eigenvalue weighted by molar-refractivity contribution is 5.40. The van der Waals surface area contributed by atoms with Gasteiger partial charge in [-0.25, -0.2) is 8.78 Å². The van der Waals surface area contributed by atoms with Crippen LogP contribution in [0.3, 0.4) is 0 Å². The number of benzene rings is 1. The molecule has 23 heavy (non-hydrogen) atoms. The quantitative estimate of drug-likeness (QED) is 0.513. The van der Waals surface area contributed by atoms with Crippen molar-refractivity contribution in [3.63, 3.8) is 0 Å². The van der Waals surface area contributed by atoms with E-state index in [1.165, 1.54) is 13.0 Å². The summed E-state index contributed by atoms with van der Waals surface area (Å²) in [4.78, 5) is 0. The fourth-order valence-corrected chi connectivity index (χ4v) is 2.38. The standard InChI is InChI=1S/C21H28F2/c1-8-15(3)13-16(9-2)14-17-11-10-12-18(22)19(17)21(7,23)20(4,5)6/h9-13H,2-3,8,14H2,1,4-7H3/b16-13+. The highest BCUT2D eigenvalue weighted by atomic mass is 19.1. The van der Waals surface area contributed by atoms with E-state index >= 15 is 4.39 Å². The van der Waals surface area contributed by atoms with Gasteiger partial charge in [0.15, 0.2) is 0 Å². The minimum atomic E-state index is -1.78. The summed E-state index contributed by atoms with van der Waals surface area (Å²) in [5, 5.41) is 0. The van der Waals surface area contributed by atoms with Crippen LogP contribution in [-0.2, 0) is 12.1 Å². The van der Waals surface area contributed by atoms with Gasteiger partial charge in [0, 0.05) is 11.0 Å². The van der Waals surface area contributed by atoms with Crippen molar-refractivity contribution >= 4 is 0 Å². The Balaban J connectivity index is 3.40. The molecule has 0 aliphatic carbocycles. The summed E-state index contributed by atoms with van der Waals surface area (Å²) in [5.74, 6) is -0.500. The number of halogens is 2. The van der Waals surface area contributed by atoms with Crippen LogP contribution in [-0.4, -0.2) is 0 Å². The van der Waals surface area contributed by atoms with Crippen molar-refractivity contribution in [3.05, 3.63) is 71.6 Å². The van der Waals surface area contributed by atoms with Crippen LogP contribution >= 0.6 is 0 Å². The van der Waals surface area contributed by atoms with Crippen molar-refractivity contribution < 1.29 is 8.78 Å². The fraction of sp³-hybridized carbons (Fsp3) is 0.429. The Kier molecular flexibility index (Phi) is 6.10. The molecule has 0 fully saturated rings. The van der Waals surface area contributed by atoms with Crippen LogP contribution in [0.2, 0.25) is 0 Å². The number of alkyl halides is 1. The summed E-state index contributed by atoms with van der Waals surface area (Å²) in [7, 11) is 0. The summed E-state index contributed by atoms with van der Waals surface area (Å²) in [6.45, 7) is 16.6. The molecular weight excluding hydrogens is 290 g/mol. The zero-order valence-corrected chi connectivity index (χ0v) is 15.0. The van der Waals surface area contributed by atoms with E-state index in [0.717, 1.165) is 17.6 Å². The molecule has 0 bridgehead atoms. The van der Waals surface area contributed by atoms with E-state index < -0.39 is 16.9 Å². The summed E-state index contributed by atoms with van der Waals surface area (Å²) < 4.78 is 29.9. The lowest BCUT2D eigenvalue weighted by Crippen LogP contribution is -2.34. The number of allylic oxidation sites excluding steroid dienone is 4. The van der Waals surface area contributed by atoms with E-state index in [9.17, 15) is 4.39 Å². The molecule has 126 valence electrons. The van der Waals surface area contributed by atoms with E-state index in [2.05, 4.69) is 13.2 Å². The first kappa shape index (κ1) is 19.3. The van der Waals surface area contributed by atoms with Crippen molar-refractivity contribution in [2.45, 2.75) is 53.1 Å². The van der Waals surface area contributed by atoms with Crippen LogP contribution in [0.15, 0.2) is 54.7 Å². The normalized spacial score (nSPS) is 15.2. The molecule has 0 saturated heterocycles. The molecule has 1 unspecified atom stereocenters. The number of hydrogen-bond acceptors (Lipinski definition) is 0. The summed E-state index contributed by atoms with van der Waals surface area (Å²) in [5.41, 5.74) is 0.184. The molecule has 1 aromatic rings. The van der Waals surface area contributed by atoms with Crippen molar-refractivity contribution in [3.8, 4) is 0 Å². The Labute approximate surface area is 139 Å². The molecular formula is C21H28F2. The Bertz CT molecular complexity index is 613. The van der Waals surface area contributed by atoms with Gasteiger partial charge in [0.05, 0.1) is 0 Å². The second-order valence-electron chi connectivity index (χ2n) is 7.14. The molecule has 0 aliphatic heterocycles. The Morgan fingerprint density at radius 1 is 1.22 bits per heavy atom. The van der Waals surface area contributed by atoms with Crippen LogP contribution in [0.4, 0.5) is 8.78 Å². The molecule has 0 radical (unpaired) electrons. The number of hydrogen-bond donors (Lipinski definition) is 0. The first-order valence-electron chi connectivity index (χ1n) is 8.02.